The van der Waals surface area contributed by atoms with Gasteiger partial charge in [0, 0.05) is 5.69 Å². The molecule has 0 saturated carbocycles. The molecule has 32 heavy (non-hydrogen) atoms. The number of benzene rings is 2. The van der Waals surface area contributed by atoms with Crippen molar-refractivity contribution in [3.63, 3.8) is 0 Å². The Balaban J connectivity index is 1.61. The number of nitrogens with zero attached hydrogens (tertiary/aromatic N) is 2. The molecule has 0 aliphatic carbocycles. The fourth-order valence-corrected chi connectivity index (χ4v) is 4.86. The molecule has 0 saturated heterocycles. The van der Waals surface area contributed by atoms with Crippen molar-refractivity contribution in [3.8, 4) is 11.4 Å². The first-order valence-corrected chi connectivity index (χ1v) is 12.0. The van der Waals surface area contributed by atoms with Gasteiger partial charge in [-0.15, -0.1) is 11.3 Å². The maximum absolute atomic E-state index is 13.3. The Morgan fingerprint density at radius 2 is 1.91 bits per heavy atom. The Kier molecular flexibility index (Phi) is 6.62. The number of rotatable bonds is 7. The number of ether oxygens (including phenoxy) is 1. The molecule has 1 amide bonds. The van der Waals surface area contributed by atoms with E-state index in [4.69, 9.17) is 4.74 Å². The van der Waals surface area contributed by atoms with Gasteiger partial charge in [-0.2, -0.15) is 0 Å². The van der Waals surface area contributed by atoms with Crippen molar-refractivity contribution in [3.05, 3.63) is 75.9 Å². The molecule has 8 heteroatoms. The first-order valence-electron chi connectivity index (χ1n) is 10.1. The minimum Gasteiger partial charge on any atom is -0.495 e. The van der Waals surface area contributed by atoms with E-state index in [9.17, 15) is 9.59 Å². The van der Waals surface area contributed by atoms with Crippen LogP contribution in [0.1, 0.15) is 25.3 Å². The van der Waals surface area contributed by atoms with Crippen LogP contribution in [-0.4, -0.2) is 28.3 Å². The van der Waals surface area contributed by atoms with Gasteiger partial charge in [0.25, 0.3) is 5.56 Å². The number of anilines is 1. The van der Waals surface area contributed by atoms with E-state index in [1.165, 1.54) is 33.2 Å². The lowest BCUT2D eigenvalue weighted by Gasteiger charge is -2.15. The van der Waals surface area contributed by atoms with Crippen molar-refractivity contribution in [2.24, 2.45) is 0 Å². The van der Waals surface area contributed by atoms with Crippen molar-refractivity contribution < 1.29 is 9.53 Å². The molecule has 0 aliphatic rings. The molecule has 4 rings (SSSR count). The Bertz CT molecular complexity index is 1310. The fraction of sp³-hybridized carbons (Fsp3) is 0.208. The second-order valence-electron chi connectivity index (χ2n) is 7.46. The third kappa shape index (κ3) is 4.56. The van der Waals surface area contributed by atoms with E-state index < -0.39 is 0 Å². The minimum atomic E-state index is -0.179. The van der Waals surface area contributed by atoms with Gasteiger partial charge in [0.2, 0.25) is 5.91 Å². The molecule has 0 fully saturated rings. The highest BCUT2D eigenvalue weighted by Gasteiger charge is 2.18. The van der Waals surface area contributed by atoms with Gasteiger partial charge in [0.15, 0.2) is 5.16 Å². The number of hydrogen-bond donors (Lipinski definition) is 1. The summed E-state index contributed by atoms with van der Waals surface area (Å²) in [5.74, 6) is 0.936. The zero-order valence-electron chi connectivity index (χ0n) is 18.0. The van der Waals surface area contributed by atoms with Gasteiger partial charge in [-0.25, -0.2) is 4.98 Å². The van der Waals surface area contributed by atoms with Gasteiger partial charge in [-0.3, -0.25) is 14.2 Å². The summed E-state index contributed by atoms with van der Waals surface area (Å²) in [4.78, 5) is 30.5. The van der Waals surface area contributed by atoms with E-state index in [1.807, 2.05) is 53.9 Å². The van der Waals surface area contributed by atoms with Crippen LogP contribution in [0.2, 0.25) is 0 Å². The lowest BCUT2D eigenvalue weighted by atomic mass is 10.0. The van der Waals surface area contributed by atoms with E-state index in [1.54, 1.807) is 13.2 Å². The molecule has 1 N–H and O–H groups in total. The Morgan fingerprint density at radius 1 is 1.16 bits per heavy atom. The number of nitrogens with one attached hydrogen (secondary N) is 1. The van der Waals surface area contributed by atoms with Crippen LogP contribution in [0.4, 0.5) is 5.69 Å². The highest BCUT2D eigenvalue weighted by atomic mass is 32.2. The second kappa shape index (κ2) is 9.58. The predicted octanol–water partition coefficient (Wildman–Crippen LogP) is 5.31. The number of carbonyl (C=O) groups excluding carboxylic acids is 1. The molecule has 0 bridgehead atoms. The molecular weight excluding hydrogens is 442 g/mol. The summed E-state index contributed by atoms with van der Waals surface area (Å²) in [6.07, 6.45) is 0. The summed E-state index contributed by atoms with van der Waals surface area (Å²) < 4.78 is 7.55. The summed E-state index contributed by atoms with van der Waals surface area (Å²) in [6, 6.07) is 16.9. The Labute approximate surface area is 194 Å². The average Bonchev–Trinajstić information content (AvgIpc) is 3.27. The number of thiophene rings is 1. The standard InChI is InChI=1S/C24H23N3O3S2/c1-15(2)16-8-10-17(11-9-16)25-21(28)14-32-24-26-18-12-13-31-22(18)23(29)27(24)19-6-4-5-7-20(19)30-3/h4-13,15H,14H2,1-3H3,(H,25,28). The highest BCUT2D eigenvalue weighted by Crippen LogP contribution is 2.28. The topological polar surface area (TPSA) is 73.2 Å². The molecular formula is C24H23N3O3S2. The van der Waals surface area contributed by atoms with Gasteiger partial charge < -0.3 is 10.1 Å². The highest BCUT2D eigenvalue weighted by molar-refractivity contribution is 7.99. The van der Waals surface area contributed by atoms with Crippen LogP contribution in [-0.2, 0) is 4.79 Å². The van der Waals surface area contributed by atoms with Crippen LogP contribution in [0.5, 0.6) is 5.75 Å². The lowest BCUT2D eigenvalue weighted by Crippen LogP contribution is -2.22. The quantitative estimate of drug-likeness (QED) is 0.296. The van der Waals surface area contributed by atoms with Gasteiger partial charge >= 0.3 is 0 Å². The van der Waals surface area contributed by atoms with Crippen LogP contribution in [0, 0.1) is 0 Å². The maximum Gasteiger partial charge on any atom is 0.276 e. The summed E-state index contributed by atoms with van der Waals surface area (Å²) in [5.41, 5.74) is 2.99. The van der Waals surface area contributed by atoms with Gasteiger partial charge in [0.05, 0.1) is 24.1 Å². The molecule has 6 nitrogen and oxygen atoms in total. The van der Waals surface area contributed by atoms with E-state index in [2.05, 4.69) is 24.1 Å². The fourth-order valence-electron chi connectivity index (χ4n) is 3.29. The molecule has 0 spiro atoms. The van der Waals surface area contributed by atoms with Crippen LogP contribution in [0.25, 0.3) is 15.9 Å². The van der Waals surface area contributed by atoms with Gasteiger partial charge in [-0.05, 0) is 47.2 Å². The maximum atomic E-state index is 13.3. The van der Waals surface area contributed by atoms with E-state index in [-0.39, 0.29) is 17.2 Å². The van der Waals surface area contributed by atoms with Gasteiger partial charge in [0.1, 0.15) is 10.4 Å². The van der Waals surface area contributed by atoms with Crippen molar-refractivity contribution >= 4 is 44.9 Å². The normalized spacial score (nSPS) is 11.1. The zero-order chi connectivity index (χ0) is 22.7. The Hall–Kier alpha value is -3.10. The van der Waals surface area contributed by atoms with Crippen molar-refractivity contribution in [2.45, 2.75) is 24.9 Å². The third-order valence-electron chi connectivity index (χ3n) is 4.97. The van der Waals surface area contributed by atoms with Crippen molar-refractivity contribution in [1.29, 1.82) is 0 Å². The summed E-state index contributed by atoms with van der Waals surface area (Å²) in [5, 5.41) is 5.19. The van der Waals surface area contributed by atoms with E-state index in [0.717, 1.165) is 5.69 Å². The number of methoxy groups -OCH3 is 1. The number of hydrogen-bond acceptors (Lipinski definition) is 6. The Morgan fingerprint density at radius 3 is 2.62 bits per heavy atom. The van der Waals surface area contributed by atoms with Crippen molar-refractivity contribution in [1.82, 2.24) is 9.55 Å². The monoisotopic (exact) mass is 465 g/mol. The molecule has 0 atom stereocenters. The number of fused-ring (bicyclic) bond motifs is 1. The molecule has 164 valence electrons. The smallest absolute Gasteiger partial charge is 0.276 e. The number of thioether (sulfide) groups is 1. The first-order chi connectivity index (χ1) is 15.5. The predicted molar refractivity (Wildman–Crippen MR) is 132 cm³/mol. The molecule has 2 heterocycles. The number of amides is 1. The molecule has 4 aromatic rings. The van der Waals surface area contributed by atoms with Crippen LogP contribution in [0.3, 0.4) is 0 Å². The van der Waals surface area contributed by atoms with E-state index in [0.29, 0.717) is 32.7 Å². The lowest BCUT2D eigenvalue weighted by molar-refractivity contribution is -0.113. The molecule has 0 radical (unpaired) electrons. The van der Waals surface area contributed by atoms with Gasteiger partial charge in [-0.1, -0.05) is 49.9 Å². The average molecular weight is 466 g/mol. The van der Waals surface area contributed by atoms with Crippen molar-refractivity contribution in [2.75, 3.05) is 18.2 Å². The zero-order valence-corrected chi connectivity index (χ0v) is 19.6. The largest absolute Gasteiger partial charge is 0.495 e. The number of para-hydroxylation sites is 2. The molecule has 0 unspecified atom stereocenters. The first kappa shape index (κ1) is 22.1. The molecule has 0 aliphatic heterocycles. The second-order valence-corrected chi connectivity index (χ2v) is 9.31. The molecule has 2 aromatic heterocycles. The molecule has 2 aromatic carbocycles. The summed E-state index contributed by atoms with van der Waals surface area (Å²) >= 11 is 2.57. The third-order valence-corrected chi connectivity index (χ3v) is 6.80. The number of aromatic nitrogens is 2. The van der Waals surface area contributed by atoms with Crippen LogP contribution >= 0.6 is 23.1 Å². The van der Waals surface area contributed by atoms with Crippen LogP contribution < -0.4 is 15.6 Å². The number of carbonyl (C=O) groups is 1. The summed E-state index contributed by atoms with van der Waals surface area (Å²) in [7, 11) is 1.56. The summed E-state index contributed by atoms with van der Waals surface area (Å²) in [6.45, 7) is 4.26. The minimum absolute atomic E-state index is 0.114. The van der Waals surface area contributed by atoms with Crippen LogP contribution in [0.15, 0.2) is 69.9 Å². The SMILES string of the molecule is COc1ccccc1-n1c(SCC(=O)Nc2ccc(C(C)C)cc2)nc2ccsc2c1=O. The van der Waals surface area contributed by atoms with E-state index >= 15 is 0 Å².